The number of halogens is 1. The van der Waals surface area contributed by atoms with Gasteiger partial charge in [0.25, 0.3) is 0 Å². The molecule has 1 atom stereocenters. The Labute approximate surface area is 172 Å². The summed E-state index contributed by atoms with van der Waals surface area (Å²) in [5.74, 6) is -0.232. The van der Waals surface area contributed by atoms with Gasteiger partial charge in [-0.3, -0.25) is 14.5 Å². The molecular weight excluding hydrogens is 426 g/mol. The number of primary amides is 1. The second-order valence-electron chi connectivity index (χ2n) is 6.79. The van der Waals surface area contributed by atoms with Crippen LogP contribution in [0.3, 0.4) is 0 Å². The summed E-state index contributed by atoms with van der Waals surface area (Å²) in [6, 6.07) is 11.3. The average molecular weight is 450 g/mol. The highest BCUT2D eigenvalue weighted by molar-refractivity contribution is 9.10. The molecule has 1 unspecified atom stereocenters. The molecule has 0 saturated carbocycles. The maximum Gasteiger partial charge on any atom is 0.239 e. The van der Waals surface area contributed by atoms with E-state index in [1.807, 2.05) is 35.7 Å². The van der Waals surface area contributed by atoms with Crippen molar-refractivity contribution in [2.75, 3.05) is 19.6 Å². The van der Waals surface area contributed by atoms with Gasteiger partial charge in [0, 0.05) is 21.8 Å². The van der Waals surface area contributed by atoms with Gasteiger partial charge in [-0.1, -0.05) is 34.1 Å². The SMILES string of the molecule is NC(=O)C(c1ccc(Br)cc1)N1CCC(C(=O)NCCc2cccs2)CC1. The molecule has 1 aromatic heterocycles. The first kappa shape index (κ1) is 20.0. The predicted molar refractivity (Wildman–Crippen MR) is 111 cm³/mol. The maximum absolute atomic E-state index is 12.4. The first-order chi connectivity index (χ1) is 13.0. The fourth-order valence-electron chi connectivity index (χ4n) is 3.53. The van der Waals surface area contributed by atoms with Crippen LogP contribution in [-0.4, -0.2) is 36.3 Å². The summed E-state index contributed by atoms with van der Waals surface area (Å²) in [5, 5.41) is 5.10. The van der Waals surface area contributed by atoms with Crippen molar-refractivity contribution >= 4 is 39.1 Å². The topological polar surface area (TPSA) is 75.4 Å². The lowest BCUT2D eigenvalue weighted by Gasteiger charge is -2.35. The summed E-state index contributed by atoms with van der Waals surface area (Å²) in [7, 11) is 0. The standard InChI is InChI=1S/C20H24BrN3O2S/c21-16-5-3-14(4-6-16)18(19(22)25)24-11-8-15(9-12-24)20(26)23-10-7-17-2-1-13-27-17/h1-6,13,15,18H,7-12H2,(H2,22,25)(H,23,26). The van der Waals surface area contributed by atoms with Gasteiger partial charge < -0.3 is 11.1 Å². The number of hydrogen-bond acceptors (Lipinski definition) is 4. The van der Waals surface area contributed by atoms with E-state index in [4.69, 9.17) is 5.73 Å². The number of piperidine rings is 1. The third-order valence-corrected chi connectivity index (χ3v) is 6.44. The molecule has 1 aromatic carbocycles. The number of nitrogens with zero attached hydrogens (tertiary/aromatic N) is 1. The number of carbonyl (C=O) groups excluding carboxylic acids is 2. The minimum Gasteiger partial charge on any atom is -0.368 e. The number of benzene rings is 1. The zero-order valence-electron chi connectivity index (χ0n) is 15.1. The van der Waals surface area contributed by atoms with Crippen LogP contribution < -0.4 is 11.1 Å². The lowest BCUT2D eigenvalue weighted by atomic mass is 9.93. The Morgan fingerprint density at radius 1 is 1.22 bits per heavy atom. The lowest BCUT2D eigenvalue weighted by Crippen LogP contribution is -2.45. The summed E-state index contributed by atoms with van der Waals surface area (Å²) in [6.07, 6.45) is 2.35. The van der Waals surface area contributed by atoms with Crippen molar-refractivity contribution < 1.29 is 9.59 Å². The van der Waals surface area contributed by atoms with Crippen LogP contribution in [0.1, 0.15) is 29.3 Å². The summed E-state index contributed by atoms with van der Waals surface area (Å²) in [5.41, 5.74) is 6.57. The first-order valence-corrected chi connectivity index (χ1v) is 10.8. The van der Waals surface area contributed by atoms with E-state index in [-0.39, 0.29) is 17.7 Å². The second kappa shape index (κ2) is 9.48. The van der Waals surface area contributed by atoms with E-state index in [9.17, 15) is 9.59 Å². The van der Waals surface area contributed by atoms with Crippen LogP contribution >= 0.6 is 27.3 Å². The number of rotatable bonds is 7. The number of nitrogens with two attached hydrogens (primary N) is 1. The summed E-state index contributed by atoms with van der Waals surface area (Å²) < 4.78 is 0.965. The zero-order valence-corrected chi connectivity index (χ0v) is 17.5. The Hall–Kier alpha value is -1.70. The molecule has 2 aromatic rings. The number of amides is 2. The van der Waals surface area contributed by atoms with Crippen LogP contribution in [-0.2, 0) is 16.0 Å². The van der Waals surface area contributed by atoms with Gasteiger partial charge in [0.2, 0.25) is 11.8 Å². The van der Waals surface area contributed by atoms with E-state index in [1.165, 1.54) is 4.88 Å². The minimum absolute atomic E-state index is 0.00281. The van der Waals surface area contributed by atoms with E-state index >= 15 is 0 Å². The number of likely N-dealkylation sites (tertiary alicyclic amines) is 1. The van der Waals surface area contributed by atoms with Crippen LogP contribution in [0.15, 0.2) is 46.3 Å². The van der Waals surface area contributed by atoms with Crippen molar-refractivity contribution in [2.45, 2.75) is 25.3 Å². The number of thiophene rings is 1. The van der Waals surface area contributed by atoms with E-state index in [1.54, 1.807) is 11.3 Å². The highest BCUT2D eigenvalue weighted by atomic mass is 79.9. The number of carbonyl (C=O) groups is 2. The molecule has 0 bridgehead atoms. The Morgan fingerprint density at radius 2 is 1.93 bits per heavy atom. The highest BCUT2D eigenvalue weighted by Gasteiger charge is 2.31. The van der Waals surface area contributed by atoms with Gasteiger partial charge in [0.1, 0.15) is 6.04 Å². The molecule has 3 rings (SSSR count). The first-order valence-electron chi connectivity index (χ1n) is 9.13. The van der Waals surface area contributed by atoms with Gasteiger partial charge in [-0.15, -0.1) is 11.3 Å². The fourth-order valence-corrected chi connectivity index (χ4v) is 4.50. The van der Waals surface area contributed by atoms with E-state index in [0.29, 0.717) is 19.6 Å². The van der Waals surface area contributed by atoms with Crippen LogP contribution in [0.25, 0.3) is 0 Å². The van der Waals surface area contributed by atoms with Gasteiger partial charge >= 0.3 is 0 Å². The molecule has 2 amide bonds. The van der Waals surface area contributed by atoms with Gasteiger partial charge in [0.05, 0.1) is 0 Å². The zero-order chi connectivity index (χ0) is 19.2. The van der Waals surface area contributed by atoms with Crippen LogP contribution in [0, 0.1) is 5.92 Å². The van der Waals surface area contributed by atoms with Crippen molar-refractivity contribution in [2.24, 2.45) is 11.7 Å². The molecule has 0 spiro atoms. The monoisotopic (exact) mass is 449 g/mol. The van der Waals surface area contributed by atoms with Gasteiger partial charge in [-0.2, -0.15) is 0 Å². The van der Waals surface area contributed by atoms with Crippen LogP contribution in [0.4, 0.5) is 0 Å². The quantitative estimate of drug-likeness (QED) is 0.681. The molecule has 5 nitrogen and oxygen atoms in total. The number of nitrogens with one attached hydrogen (secondary N) is 1. The minimum atomic E-state index is -0.444. The van der Waals surface area contributed by atoms with Crippen LogP contribution in [0.5, 0.6) is 0 Å². The van der Waals surface area contributed by atoms with E-state index in [0.717, 1.165) is 29.3 Å². The Kier molecular flexibility index (Phi) is 7.04. The molecule has 144 valence electrons. The third-order valence-electron chi connectivity index (χ3n) is 4.97. The Balaban J connectivity index is 1.51. The van der Waals surface area contributed by atoms with Gasteiger partial charge in [0.15, 0.2) is 0 Å². The van der Waals surface area contributed by atoms with Crippen molar-refractivity contribution in [3.63, 3.8) is 0 Å². The summed E-state index contributed by atoms with van der Waals surface area (Å²) >= 11 is 5.12. The molecule has 27 heavy (non-hydrogen) atoms. The molecule has 1 aliphatic heterocycles. The average Bonchev–Trinajstić information content (AvgIpc) is 3.17. The molecular formula is C20H24BrN3O2S. The Morgan fingerprint density at radius 3 is 2.52 bits per heavy atom. The molecule has 1 aliphatic rings. The Bertz CT molecular complexity index is 756. The molecule has 0 aliphatic carbocycles. The molecule has 1 fully saturated rings. The normalized spacial score (nSPS) is 16.8. The fraction of sp³-hybridized carbons (Fsp3) is 0.400. The van der Waals surface area contributed by atoms with Gasteiger partial charge in [-0.25, -0.2) is 0 Å². The highest BCUT2D eigenvalue weighted by Crippen LogP contribution is 2.28. The molecule has 3 N–H and O–H groups in total. The largest absolute Gasteiger partial charge is 0.368 e. The molecule has 7 heteroatoms. The predicted octanol–water partition coefficient (Wildman–Crippen LogP) is 3.11. The third kappa shape index (κ3) is 5.40. The smallest absolute Gasteiger partial charge is 0.239 e. The molecule has 0 radical (unpaired) electrons. The van der Waals surface area contributed by atoms with Crippen molar-refractivity contribution in [3.8, 4) is 0 Å². The maximum atomic E-state index is 12.4. The van der Waals surface area contributed by atoms with Crippen molar-refractivity contribution in [3.05, 3.63) is 56.7 Å². The number of hydrogen-bond donors (Lipinski definition) is 2. The van der Waals surface area contributed by atoms with E-state index < -0.39 is 6.04 Å². The molecule has 1 saturated heterocycles. The second-order valence-corrected chi connectivity index (χ2v) is 8.74. The van der Waals surface area contributed by atoms with Crippen molar-refractivity contribution in [1.82, 2.24) is 10.2 Å². The van der Waals surface area contributed by atoms with Crippen LogP contribution in [0.2, 0.25) is 0 Å². The van der Waals surface area contributed by atoms with E-state index in [2.05, 4.69) is 32.2 Å². The lowest BCUT2D eigenvalue weighted by molar-refractivity contribution is -0.127. The summed E-state index contributed by atoms with van der Waals surface area (Å²) in [4.78, 5) is 27.8. The van der Waals surface area contributed by atoms with Gasteiger partial charge in [-0.05, 0) is 61.5 Å². The molecule has 2 heterocycles. The summed E-state index contributed by atoms with van der Waals surface area (Å²) in [6.45, 7) is 2.04. The van der Waals surface area contributed by atoms with Crippen molar-refractivity contribution in [1.29, 1.82) is 0 Å².